The van der Waals surface area contributed by atoms with E-state index in [4.69, 9.17) is 16.3 Å². The van der Waals surface area contributed by atoms with Crippen molar-refractivity contribution in [3.8, 4) is 5.75 Å². The van der Waals surface area contributed by atoms with Crippen LogP contribution < -0.4 is 4.74 Å². The summed E-state index contributed by atoms with van der Waals surface area (Å²) in [4.78, 5) is 27.3. The molecule has 0 saturated carbocycles. The van der Waals surface area contributed by atoms with E-state index in [0.717, 1.165) is 11.6 Å². The van der Waals surface area contributed by atoms with Crippen LogP contribution in [0.4, 0.5) is 10.1 Å². The van der Waals surface area contributed by atoms with Gasteiger partial charge < -0.3 is 9.64 Å². The summed E-state index contributed by atoms with van der Waals surface area (Å²) in [7, 11) is -2.37. The van der Waals surface area contributed by atoms with E-state index in [-0.39, 0.29) is 35.5 Å². The highest BCUT2D eigenvalue weighted by molar-refractivity contribution is 7.89. The van der Waals surface area contributed by atoms with Gasteiger partial charge in [0.05, 0.1) is 16.9 Å². The number of nitro benzene ring substituents is 1. The molecule has 0 N–H and O–H groups in total. The number of benzene rings is 3. The van der Waals surface area contributed by atoms with E-state index in [1.165, 1.54) is 40.7 Å². The number of rotatable bonds is 11. The molecule has 0 radical (unpaired) electrons. The molecule has 1 saturated heterocycles. The van der Waals surface area contributed by atoms with Crippen molar-refractivity contribution in [3.63, 3.8) is 0 Å². The van der Waals surface area contributed by atoms with Gasteiger partial charge in [0.25, 0.3) is 11.6 Å². The Kier molecular flexibility index (Phi) is 10.3. The van der Waals surface area contributed by atoms with Crippen LogP contribution in [0.15, 0.2) is 77.7 Å². The van der Waals surface area contributed by atoms with Gasteiger partial charge in [-0.15, -0.1) is 0 Å². The molecule has 0 unspecified atom stereocenters. The van der Waals surface area contributed by atoms with Gasteiger partial charge in [0.15, 0.2) is 0 Å². The number of halogens is 2. The number of sulfonamides is 1. The first-order valence-electron chi connectivity index (χ1n) is 13.1. The predicted octanol–water partition coefficient (Wildman–Crippen LogP) is 4.56. The lowest BCUT2D eigenvalue weighted by molar-refractivity contribution is -0.384. The second-order valence-electron chi connectivity index (χ2n) is 9.52. The Hall–Kier alpha value is -3.84. The zero-order valence-corrected chi connectivity index (χ0v) is 24.4. The number of para-hydroxylation sites is 1. The van der Waals surface area contributed by atoms with Crippen LogP contribution in [0.25, 0.3) is 6.08 Å². The Bertz CT molecular complexity index is 1560. The normalized spacial score (nSPS) is 14.6. The first-order valence-corrected chi connectivity index (χ1v) is 14.9. The average Bonchev–Trinajstić information content (AvgIpc) is 2.99. The number of nitro groups is 1. The molecule has 0 spiro atoms. The molecule has 42 heavy (non-hydrogen) atoms. The molecule has 3 aromatic carbocycles. The number of ether oxygens (including phenoxy) is 1. The number of amides is 1. The minimum atomic E-state index is -3.96. The van der Waals surface area contributed by atoms with Crippen LogP contribution in [0.5, 0.6) is 5.75 Å². The lowest BCUT2D eigenvalue weighted by Gasteiger charge is -2.35. The quantitative estimate of drug-likeness (QED) is 0.229. The Morgan fingerprint density at radius 2 is 1.79 bits per heavy atom. The highest BCUT2D eigenvalue weighted by Gasteiger charge is 2.30. The van der Waals surface area contributed by atoms with Crippen molar-refractivity contribution < 1.29 is 27.3 Å². The van der Waals surface area contributed by atoms with Crippen LogP contribution in [0, 0.1) is 15.9 Å². The van der Waals surface area contributed by atoms with Gasteiger partial charge >= 0.3 is 0 Å². The molecule has 1 heterocycles. The second kappa shape index (κ2) is 13.9. The molecule has 10 nitrogen and oxygen atoms in total. The number of hydrogen-bond donors (Lipinski definition) is 0. The first-order chi connectivity index (χ1) is 20.1. The van der Waals surface area contributed by atoms with Crippen LogP contribution in [-0.2, 0) is 10.0 Å². The molecule has 4 rings (SSSR count). The summed E-state index contributed by atoms with van der Waals surface area (Å²) in [6.07, 6.45) is 3.73. The van der Waals surface area contributed by atoms with Gasteiger partial charge in [-0.05, 0) is 42.5 Å². The van der Waals surface area contributed by atoms with Crippen LogP contribution in [-0.4, -0.2) is 86.3 Å². The summed E-state index contributed by atoms with van der Waals surface area (Å²) in [6.45, 7) is 2.29. The van der Waals surface area contributed by atoms with Gasteiger partial charge in [-0.25, -0.2) is 12.8 Å². The third kappa shape index (κ3) is 7.51. The number of methoxy groups -OCH3 is 1. The van der Waals surface area contributed by atoms with Gasteiger partial charge in [0, 0.05) is 63.0 Å². The fraction of sp³-hybridized carbons (Fsp3) is 0.276. The van der Waals surface area contributed by atoms with Crippen molar-refractivity contribution >= 4 is 39.3 Å². The van der Waals surface area contributed by atoms with E-state index < -0.39 is 26.5 Å². The van der Waals surface area contributed by atoms with E-state index in [0.29, 0.717) is 37.5 Å². The van der Waals surface area contributed by atoms with E-state index in [1.807, 2.05) is 41.3 Å². The molecule has 0 aliphatic carbocycles. The van der Waals surface area contributed by atoms with E-state index in [2.05, 4.69) is 0 Å². The maximum atomic E-state index is 13.5. The summed E-state index contributed by atoms with van der Waals surface area (Å²) in [5, 5.41) is 11.1. The molecule has 0 aromatic heterocycles. The number of carbonyl (C=O) groups is 1. The van der Waals surface area contributed by atoms with Crippen molar-refractivity contribution in [1.29, 1.82) is 0 Å². The number of nitrogens with zero attached hydrogens (tertiary/aromatic N) is 4. The van der Waals surface area contributed by atoms with Crippen molar-refractivity contribution in [2.45, 2.75) is 4.90 Å². The fourth-order valence-electron chi connectivity index (χ4n) is 4.56. The maximum absolute atomic E-state index is 13.5. The number of hydrogen-bond acceptors (Lipinski definition) is 7. The number of piperazine rings is 1. The summed E-state index contributed by atoms with van der Waals surface area (Å²) in [5.74, 6) is 0.00612. The van der Waals surface area contributed by atoms with Crippen molar-refractivity contribution in [3.05, 3.63) is 105 Å². The Balaban J connectivity index is 1.41. The number of carbonyl (C=O) groups excluding carboxylic acids is 1. The van der Waals surface area contributed by atoms with Gasteiger partial charge in [0.2, 0.25) is 10.0 Å². The van der Waals surface area contributed by atoms with Gasteiger partial charge in [-0.1, -0.05) is 42.0 Å². The minimum Gasteiger partial charge on any atom is -0.496 e. The summed E-state index contributed by atoms with van der Waals surface area (Å²) in [6, 6.07) is 16.3. The molecule has 222 valence electrons. The SMILES string of the molecule is COc1ccccc1/C=C/CN(CCN1CCN(S(=O)(=O)c2ccc(Cl)c([N+](=O)[O-])c2)CC1)C(=O)c1ccc(F)cc1. The summed E-state index contributed by atoms with van der Waals surface area (Å²) < 4.78 is 46.4. The van der Waals surface area contributed by atoms with E-state index >= 15 is 0 Å². The van der Waals surface area contributed by atoms with Gasteiger partial charge in [-0.2, -0.15) is 4.31 Å². The van der Waals surface area contributed by atoms with Crippen molar-refractivity contribution in [2.24, 2.45) is 0 Å². The molecule has 0 atom stereocenters. The molecule has 1 fully saturated rings. The second-order valence-corrected chi connectivity index (χ2v) is 11.9. The highest BCUT2D eigenvalue weighted by Crippen LogP contribution is 2.29. The largest absolute Gasteiger partial charge is 0.496 e. The Morgan fingerprint density at radius 1 is 1.10 bits per heavy atom. The monoisotopic (exact) mass is 616 g/mol. The van der Waals surface area contributed by atoms with E-state index in [9.17, 15) is 27.7 Å². The zero-order valence-electron chi connectivity index (χ0n) is 22.9. The topological polar surface area (TPSA) is 113 Å². The van der Waals surface area contributed by atoms with Gasteiger partial charge in [0.1, 0.15) is 16.6 Å². The molecule has 1 aliphatic rings. The first kappa shape index (κ1) is 31.1. The lowest BCUT2D eigenvalue weighted by Crippen LogP contribution is -2.50. The molecular weight excluding hydrogens is 587 g/mol. The molecule has 13 heteroatoms. The van der Waals surface area contributed by atoms with Crippen LogP contribution in [0.2, 0.25) is 5.02 Å². The maximum Gasteiger partial charge on any atom is 0.289 e. The Labute approximate surface area is 248 Å². The van der Waals surface area contributed by atoms with Gasteiger partial charge in [-0.3, -0.25) is 19.8 Å². The third-order valence-corrected chi connectivity index (χ3v) is 9.12. The predicted molar refractivity (Wildman–Crippen MR) is 158 cm³/mol. The van der Waals surface area contributed by atoms with E-state index in [1.54, 1.807) is 12.0 Å². The van der Waals surface area contributed by atoms with Crippen LogP contribution >= 0.6 is 11.6 Å². The molecule has 3 aromatic rings. The average molecular weight is 617 g/mol. The molecule has 0 bridgehead atoms. The smallest absolute Gasteiger partial charge is 0.289 e. The molecule has 1 amide bonds. The molecule has 1 aliphatic heterocycles. The molecular formula is C29H30ClFN4O6S. The highest BCUT2D eigenvalue weighted by atomic mass is 35.5. The van der Waals surface area contributed by atoms with Crippen LogP contribution in [0.3, 0.4) is 0 Å². The third-order valence-electron chi connectivity index (χ3n) is 6.91. The zero-order chi connectivity index (χ0) is 30.3. The fourth-order valence-corrected chi connectivity index (χ4v) is 6.19. The minimum absolute atomic E-state index is 0.138. The van der Waals surface area contributed by atoms with Crippen molar-refractivity contribution in [2.75, 3.05) is 52.9 Å². The standard InChI is InChI=1S/C29H30ClFN4O6S/c1-41-28-7-3-2-5-22(28)6-4-14-33(29(36)23-8-10-24(31)11-9-23)18-15-32-16-19-34(20-17-32)42(39,40)25-12-13-26(30)27(21-25)35(37)38/h2-13,21H,14-20H2,1H3/b6-4+. The lowest BCUT2D eigenvalue weighted by atomic mass is 10.1. The Morgan fingerprint density at radius 3 is 2.45 bits per heavy atom. The van der Waals surface area contributed by atoms with Crippen LogP contribution in [0.1, 0.15) is 15.9 Å². The van der Waals surface area contributed by atoms with Crippen molar-refractivity contribution in [1.82, 2.24) is 14.1 Å². The summed E-state index contributed by atoms with van der Waals surface area (Å²) >= 11 is 5.84. The summed E-state index contributed by atoms with van der Waals surface area (Å²) in [5.41, 5.74) is 0.745.